The minimum absolute atomic E-state index is 0.193. The van der Waals surface area contributed by atoms with Gasteiger partial charge in [-0.05, 0) is 19.1 Å². The Hall–Kier alpha value is -1.36. The van der Waals surface area contributed by atoms with Gasteiger partial charge in [-0.15, -0.1) is 0 Å². The van der Waals surface area contributed by atoms with Crippen molar-refractivity contribution in [2.75, 3.05) is 12.8 Å². The minimum Gasteiger partial charge on any atom is -0.465 e. The number of hydrogen-bond donors (Lipinski definition) is 1. The maximum atomic E-state index is 11.9. The fraction of sp³-hybridized carbons (Fsp3) is 0.273. The Bertz CT molecular complexity index is 429. The number of nitrogen functional groups attached to an aromatic ring is 1. The van der Waals surface area contributed by atoms with Gasteiger partial charge in [0.1, 0.15) is 0 Å². The van der Waals surface area contributed by atoms with E-state index < -0.39 is 10.8 Å². The second-order valence-corrected chi connectivity index (χ2v) is 4.62. The number of methoxy groups -OCH3 is 1. The van der Waals surface area contributed by atoms with E-state index in [0.29, 0.717) is 0 Å². The number of ether oxygens (including phenoxy) is 1. The Morgan fingerprint density at radius 3 is 2.56 bits per heavy atom. The summed E-state index contributed by atoms with van der Waals surface area (Å²) in [4.78, 5) is 22.9. The smallest absolute Gasteiger partial charge is 0.338 e. The summed E-state index contributed by atoms with van der Waals surface area (Å²) in [7, 11) is 1.26. The summed E-state index contributed by atoms with van der Waals surface area (Å²) in [5, 5.41) is 0. The number of carbonyl (C=O) groups is 2. The summed E-state index contributed by atoms with van der Waals surface area (Å²) >= 11 is 3.16. The van der Waals surface area contributed by atoms with Gasteiger partial charge >= 0.3 is 5.97 Å². The van der Waals surface area contributed by atoms with Crippen LogP contribution >= 0.6 is 15.9 Å². The molecule has 5 heteroatoms. The van der Waals surface area contributed by atoms with Crippen molar-refractivity contribution in [2.45, 2.75) is 11.8 Å². The molecule has 0 saturated heterocycles. The van der Waals surface area contributed by atoms with E-state index in [9.17, 15) is 9.59 Å². The third-order valence-corrected chi connectivity index (χ3v) is 2.53. The van der Waals surface area contributed by atoms with E-state index in [0.717, 1.165) is 0 Å². The molecule has 0 aliphatic heterocycles. The van der Waals surface area contributed by atoms with Crippen LogP contribution in [0.2, 0.25) is 0 Å². The highest BCUT2D eigenvalue weighted by atomic mass is 79.9. The molecule has 1 unspecified atom stereocenters. The van der Waals surface area contributed by atoms with Crippen molar-refractivity contribution in [1.29, 1.82) is 0 Å². The predicted molar refractivity (Wildman–Crippen MR) is 64.9 cm³/mol. The van der Waals surface area contributed by atoms with Gasteiger partial charge in [-0.1, -0.05) is 22.0 Å². The van der Waals surface area contributed by atoms with Crippen LogP contribution in [0.25, 0.3) is 0 Å². The highest BCUT2D eigenvalue weighted by molar-refractivity contribution is 9.10. The van der Waals surface area contributed by atoms with E-state index in [2.05, 4.69) is 20.7 Å². The Morgan fingerprint density at radius 1 is 1.44 bits per heavy atom. The molecule has 1 atom stereocenters. The summed E-state index contributed by atoms with van der Waals surface area (Å²) in [6.45, 7) is 1.68. The summed E-state index contributed by atoms with van der Waals surface area (Å²) in [5.74, 6) is -0.803. The summed E-state index contributed by atoms with van der Waals surface area (Å²) in [6.07, 6.45) is 0. The average molecular weight is 286 g/mol. The van der Waals surface area contributed by atoms with Crippen molar-refractivity contribution in [1.82, 2.24) is 0 Å². The van der Waals surface area contributed by atoms with Crippen molar-refractivity contribution >= 4 is 33.4 Å². The van der Waals surface area contributed by atoms with Crippen molar-refractivity contribution < 1.29 is 14.3 Å². The normalized spacial score (nSPS) is 11.9. The molecule has 0 saturated carbocycles. The fourth-order valence-corrected chi connectivity index (χ4v) is 1.55. The molecule has 0 amide bonds. The summed E-state index contributed by atoms with van der Waals surface area (Å²) in [5.41, 5.74) is 6.38. The Morgan fingerprint density at radius 2 is 2.06 bits per heavy atom. The molecule has 16 heavy (non-hydrogen) atoms. The third-order valence-electron chi connectivity index (χ3n) is 2.11. The molecule has 0 aromatic heterocycles. The summed E-state index contributed by atoms with van der Waals surface area (Å²) < 4.78 is 4.60. The first-order valence-electron chi connectivity index (χ1n) is 4.64. The van der Waals surface area contributed by atoms with Gasteiger partial charge in [-0.3, -0.25) is 4.79 Å². The molecule has 0 radical (unpaired) electrons. The maximum Gasteiger partial charge on any atom is 0.338 e. The second-order valence-electron chi connectivity index (χ2n) is 3.24. The molecule has 86 valence electrons. The van der Waals surface area contributed by atoms with Crippen molar-refractivity contribution in [3.05, 3.63) is 29.3 Å². The molecule has 1 aromatic carbocycles. The first-order valence-corrected chi connectivity index (χ1v) is 5.55. The van der Waals surface area contributed by atoms with Gasteiger partial charge in [0, 0.05) is 5.69 Å². The molecule has 1 aromatic rings. The fourth-order valence-electron chi connectivity index (χ4n) is 1.32. The molecule has 0 heterocycles. The van der Waals surface area contributed by atoms with Crippen LogP contribution in [0.3, 0.4) is 0 Å². The number of esters is 1. The SMILES string of the molecule is COC(=O)c1cccc(N)c1C(=O)C(C)Br. The lowest BCUT2D eigenvalue weighted by Gasteiger charge is -2.10. The lowest BCUT2D eigenvalue weighted by molar-refractivity contribution is 0.0597. The highest BCUT2D eigenvalue weighted by Crippen LogP contribution is 2.21. The first-order chi connectivity index (χ1) is 7.49. The minimum atomic E-state index is -0.566. The zero-order chi connectivity index (χ0) is 12.3. The zero-order valence-corrected chi connectivity index (χ0v) is 10.6. The van der Waals surface area contributed by atoms with Crippen LogP contribution in [-0.2, 0) is 4.74 Å². The second kappa shape index (κ2) is 5.12. The number of anilines is 1. The van der Waals surface area contributed by atoms with Crippen LogP contribution in [0.1, 0.15) is 27.6 Å². The number of nitrogens with two attached hydrogens (primary N) is 1. The molecule has 0 spiro atoms. The molecule has 0 bridgehead atoms. The monoisotopic (exact) mass is 285 g/mol. The first kappa shape index (κ1) is 12.7. The molecule has 2 N–H and O–H groups in total. The van der Waals surface area contributed by atoms with Gasteiger partial charge in [0.2, 0.25) is 0 Å². The Labute approximate surface area is 102 Å². The topological polar surface area (TPSA) is 69.4 Å². The number of alkyl halides is 1. The number of ketones is 1. The molecule has 4 nitrogen and oxygen atoms in total. The van der Waals surface area contributed by atoms with Crippen molar-refractivity contribution in [3.63, 3.8) is 0 Å². The van der Waals surface area contributed by atoms with Gasteiger partial charge in [-0.2, -0.15) is 0 Å². The van der Waals surface area contributed by atoms with E-state index in [1.165, 1.54) is 13.2 Å². The Balaban J connectivity index is 3.35. The van der Waals surface area contributed by atoms with Crippen molar-refractivity contribution in [2.24, 2.45) is 0 Å². The highest BCUT2D eigenvalue weighted by Gasteiger charge is 2.22. The lowest BCUT2D eigenvalue weighted by atomic mass is 10.00. The van der Waals surface area contributed by atoms with Gasteiger partial charge in [0.25, 0.3) is 0 Å². The zero-order valence-electron chi connectivity index (χ0n) is 8.99. The Kier molecular flexibility index (Phi) is 4.06. The molecule has 0 aliphatic carbocycles. The molecule has 1 rings (SSSR count). The van der Waals surface area contributed by atoms with Gasteiger partial charge in [0.15, 0.2) is 5.78 Å². The molecular weight excluding hydrogens is 274 g/mol. The van der Waals surface area contributed by atoms with Crippen LogP contribution in [-0.4, -0.2) is 23.7 Å². The number of carbonyl (C=O) groups excluding carboxylic acids is 2. The van der Waals surface area contributed by atoms with Crippen LogP contribution in [0.4, 0.5) is 5.69 Å². The number of hydrogen-bond acceptors (Lipinski definition) is 4. The standard InChI is InChI=1S/C11H12BrNO3/c1-6(12)10(14)9-7(11(15)16-2)4-3-5-8(9)13/h3-6H,13H2,1-2H3. The van der Waals surface area contributed by atoms with E-state index in [1.54, 1.807) is 19.1 Å². The van der Waals surface area contributed by atoms with Crippen LogP contribution in [0, 0.1) is 0 Å². The van der Waals surface area contributed by atoms with Gasteiger partial charge in [0.05, 0.1) is 23.1 Å². The number of benzene rings is 1. The lowest BCUT2D eigenvalue weighted by Crippen LogP contribution is -2.18. The number of Topliss-reactive ketones (excluding diaryl/α,β-unsaturated/α-hetero) is 1. The van der Waals surface area contributed by atoms with E-state index >= 15 is 0 Å². The van der Waals surface area contributed by atoms with Crippen molar-refractivity contribution in [3.8, 4) is 0 Å². The van der Waals surface area contributed by atoms with Crippen LogP contribution in [0.5, 0.6) is 0 Å². The average Bonchev–Trinajstić information content (AvgIpc) is 2.26. The van der Waals surface area contributed by atoms with Crippen LogP contribution in [0.15, 0.2) is 18.2 Å². The maximum absolute atomic E-state index is 11.9. The van der Waals surface area contributed by atoms with E-state index in [1.807, 2.05) is 0 Å². The predicted octanol–water partition coefficient (Wildman–Crippen LogP) is 2.02. The summed E-state index contributed by atoms with van der Waals surface area (Å²) in [6, 6.07) is 4.71. The van der Waals surface area contributed by atoms with E-state index in [-0.39, 0.29) is 22.6 Å². The largest absolute Gasteiger partial charge is 0.465 e. The van der Waals surface area contributed by atoms with Crippen LogP contribution < -0.4 is 5.73 Å². The molecule has 0 fully saturated rings. The third kappa shape index (κ3) is 2.41. The van der Waals surface area contributed by atoms with Gasteiger partial charge in [-0.25, -0.2) is 4.79 Å². The number of halogens is 1. The van der Waals surface area contributed by atoms with E-state index in [4.69, 9.17) is 5.73 Å². The molecular formula is C11H12BrNO3. The van der Waals surface area contributed by atoms with Gasteiger partial charge < -0.3 is 10.5 Å². The number of rotatable bonds is 3. The molecule has 0 aliphatic rings. The quantitative estimate of drug-likeness (QED) is 0.399.